The van der Waals surface area contributed by atoms with E-state index >= 15 is 0 Å². The van der Waals surface area contributed by atoms with Crippen molar-refractivity contribution in [1.29, 1.82) is 0 Å². The van der Waals surface area contributed by atoms with Gasteiger partial charge in [0.25, 0.3) is 0 Å². The van der Waals surface area contributed by atoms with Crippen LogP contribution < -0.4 is 0 Å². The smallest absolute Gasteiger partial charge is 0.125 e. The third-order valence-corrected chi connectivity index (χ3v) is 3.50. The SMILES string of the molecule is CCCCC(C)n1c(CCl)nc2cc(F)ccc21. The van der Waals surface area contributed by atoms with E-state index in [1.165, 1.54) is 25.0 Å². The van der Waals surface area contributed by atoms with E-state index in [1.54, 1.807) is 6.07 Å². The van der Waals surface area contributed by atoms with Crippen molar-refractivity contribution in [1.82, 2.24) is 9.55 Å². The number of halogens is 2. The van der Waals surface area contributed by atoms with Gasteiger partial charge in [0.2, 0.25) is 0 Å². The second kappa shape index (κ2) is 5.70. The summed E-state index contributed by atoms with van der Waals surface area (Å²) in [4.78, 5) is 4.41. The predicted octanol–water partition coefficient (Wildman–Crippen LogP) is 4.67. The average molecular weight is 269 g/mol. The third-order valence-electron chi connectivity index (χ3n) is 3.26. The third kappa shape index (κ3) is 2.51. The van der Waals surface area contributed by atoms with Crippen molar-refractivity contribution in [2.75, 3.05) is 0 Å². The zero-order valence-corrected chi connectivity index (χ0v) is 11.5. The van der Waals surface area contributed by atoms with E-state index in [4.69, 9.17) is 11.6 Å². The zero-order valence-electron chi connectivity index (χ0n) is 10.8. The molecule has 0 amide bonds. The maximum atomic E-state index is 13.2. The molecule has 1 atom stereocenters. The van der Waals surface area contributed by atoms with Gasteiger partial charge in [0.1, 0.15) is 11.6 Å². The number of imidazole rings is 1. The lowest BCUT2D eigenvalue weighted by atomic mass is 10.1. The van der Waals surface area contributed by atoms with Gasteiger partial charge in [0.05, 0.1) is 16.9 Å². The summed E-state index contributed by atoms with van der Waals surface area (Å²) < 4.78 is 15.3. The lowest BCUT2D eigenvalue weighted by molar-refractivity contribution is 0.485. The first kappa shape index (κ1) is 13.3. The van der Waals surface area contributed by atoms with Crippen LogP contribution in [-0.4, -0.2) is 9.55 Å². The molecule has 2 nitrogen and oxygen atoms in total. The van der Waals surface area contributed by atoms with Crippen LogP contribution >= 0.6 is 11.6 Å². The Bertz CT molecular complexity index is 536. The minimum atomic E-state index is -0.255. The zero-order chi connectivity index (χ0) is 13.1. The van der Waals surface area contributed by atoms with Gasteiger partial charge < -0.3 is 4.57 Å². The molecule has 18 heavy (non-hydrogen) atoms. The highest BCUT2D eigenvalue weighted by atomic mass is 35.5. The van der Waals surface area contributed by atoms with Gasteiger partial charge in [-0.25, -0.2) is 9.37 Å². The molecule has 0 aliphatic carbocycles. The van der Waals surface area contributed by atoms with Gasteiger partial charge >= 0.3 is 0 Å². The topological polar surface area (TPSA) is 17.8 Å². The summed E-state index contributed by atoms with van der Waals surface area (Å²) in [7, 11) is 0. The molecule has 4 heteroatoms. The number of alkyl halides is 1. The fraction of sp³-hybridized carbons (Fsp3) is 0.500. The van der Waals surface area contributed by atoms with Crippen LogP contribution in [0, 0.1) is 5.82 Å². The molecule has 1 aromatic carbocycles. The molecule has 0 spiro atoms. The molecule has 0 radical (unpaired) electrons. The van der Waals surface area contributed by atoms with Crippen LogP contribution in [0.2, 0.25) is 0 Å². The molecule has 0 fully saturated rings. The van der Waals surface area contributed by atoms with E-state index in [1.807, 2.05) is 0 Å². The Hall–Kier alpha value is -1.09. The molecule has 98 valence electrons. The van der Waals surface area contributed by atoms with Gasteiger partial charge in [-0.15, -0.1) is 11.6 Å². The second-order valence-electron chi connectivity index (χ2n) is 4.66. The van der Waals surface area contributed by atoms with Gasteiger partial charge in [-0.1, -0.05) is 19.8 Å². The highest BCUT2D eigenvalue weighted by molar-refractivity contribution is 6.16. The predicted molar refractivity (Wildman–Crippen MR) is 73.5 cm³/mol. The number of hydrogen-bond donors (Lipinski definition) is 0. The monoisotopic (exact) mass is 268 g/mol. The molecule has 0 bridgehead atoms. The van der Waals surface area contributed by atoms with Crippen LogP contribution in [0.4, 0.5) is 4.39 Å². The summed E-state index contributed by atoms with van der Waals surface area (Å²) in [6, 6.07) is 5.07. The van der Waals surface area contributed by atoms with E-state index in [9.17, 15) is 4.39 Å². The van der Waals surface area contributed by atoms with Gasteiger partial charge in [0.15, 0.2) is 0 Å². The van der Waals surface area contributed by atoms with Gasteiger partial charge in [-0.3, -0.25) is 0 Å². The molecular weight excluding hydrogens is 251 g/mol. The number of fused-ring (bicyclic) bond motifs is 1. The molecule has 1 heterocycles. The van der Waals surface area contributed by atoms with Crippen molar-refractivity contribution in [2.24, 2.45) is 0 Å². The van der Waals surface area contributed by atoms with Crippen LogP contribution in [0.5, 0.6) is 0 Å². The minimum Gasteiger partial charge on any atom is -0.324 e. The Morgan fingerprint density at radius 1 is 1.44 bits per heavy atom. The van der Waals surface area contributed by atoms with Gasteiger partial charge in [0, 0.05) is 12.1 Å². The Labute approximate surface area is 112 Å². The fourth-order valence-corrected chi connectivity index (χ4v) is 2.53. The van der Waals surface area contributed by atoms with Crippen molar-refractivity contribution < 1.29 is 4.39 Å². The second-order valence-corrected chi connectivity index (χ2v) is 4.92. The first-order chi connectivity index (χ1) is 8.67. The normalized spacial score (nSPS) is 13.1. The number of aromatic nitrogens is 2. The number of hydrogen-bond acceptors (Lipinski definition) is 1. The standard InChI is InChI=1S/C14H18ClFN2/c1-3-4-5-10(2)18-13-7-6-11(16)8-12(13)17-14(18)9-15/h6-8,10H,3-5,9H2,1-2H3. The van der Waals surface area contributed by atoms with E-state index < -0.39 is 0 Å². The fourth-order valence-electron chi connectivity index (χ4n) is 2.34. The summed E-state index contributed by atoms with van der Waals surface area (Å²) >= 11 is 5.94. The van der Waals surface area contributed by atoms with Crippen molar-refractivity contribution in [3.63, 3.8) is 0 Å². The summed E-state index contributed by atoms with van der Waals surface area (Å²) in [5, 5.41) is 0. The molecule has 0 saturated carbocycles. The summed E-state index contributed by atoms with van der Waals surface area (Å²) in [5.41, 5.74) is 1.66. The quantitative estimate of drug-likeness (QED) is 0.721. The molecule has 0 aliphatic rings. The molecule has 2 aromatic rings. The molecular formula is C14H18ClFN2. The van der Waals surface area contributed by atoms with Crippen LogP contribution in [0.15, 0.2) is 18.2 Å². The summed E-state index contributed by atoms with van der Waals surface area (Å²) in [5.74, 6) is 0.919. The van der Waals surface area contributed by atoms with Crippen LogP contribution in [0.1, 0.15) is 45.0 Å². The Morgan fingerprint density at radius 3 is 2.89 bits per heavy atom. The van der Waals surface area contributed by atoms with E-state index in [2.05, 4.69) is 23.4 Å². The van der Waals surface area contributed by atoms with Gasteiger partial charge in [-0.05, 0) is 25.5 Å². The highest BCUT2D eigenvalue weighted by Gasteiger charge is 2.15. The maximum Gasteiger partial charge on any atom is 0.125 e. The van der Waals surface area contributed by atoms with Crippen molar-refractivity contribution in [3.8, 4) is 0 Å². The number of benzene rings is 1. The largest absolute Gasteiger partial charge is 0.324 e. The lowest BCUT2D eigenvalue weighted by Crippen LogP contribution is -2.08. The van der Waals surface area contributed by atoms with E-state index in [0.717, 1.165) is 17.8 Å². The molecule has 0 N–H and O–H groups in total. The molecule has 1 unspecified atom stereocenters. The number of unbranched alkanes of at least 4 members (excludes halogenated alkanes) is 1. The van der Waals surface area contributed by atoms with Crippen molar-refractivity contribution >= 4 is 22.6 Å². The summed E-state index contributed by atoms with van der Waals surface area (Å²) in [6.07, 6.45) is 3.43. The lowest BCUT2D eigenvalue weighted by Gasteiger charge is -2.16. The van der Waals surface area contributed by atoms with Crippen molar-refractivity contribution in [3.05, 3.63) is 29.8 Å². The molecule has 0 saturated heterocycles. The van der Waals surface area contributed by atoms with Crippen LogP contribution in [-0.2, 0) is 5.88 Å². The minimum absolute atomic E-state index is 0.255. The van der Waals surface area contributed by atoms with Gasteiger partial charge in [-0.2, -0.15) is 0 Å². The van der Waals surface area contributed by atoms with Crippen molar-refractivity contribution in [2.45, 2.75) is 45.0 Å². The number of rotatable bonds is 5. The Balaban J connectivity index is 2.46. The van der Waals surface area contributed by atoms with E-state index in [-0.39, 0.29) is 5.82 Å². The molecule has 2 rings (SSSR count). The van der Waals surface area contributed by atoms with Crippen LogP contribution in [0.3, 0.4) is 0 Å². The van der Waals surface area contributed by atoms with Crippen LogP contribution in [0.25, 0.3) is 11.0 Å². The number of nitrogens with zero attached hydrogens (tertiary/aromatic N) is 2. The first-order valence-electron chi connectivity index (χ1n) is 6.39. The molecule has 0 aliphatic heterocycles. The highest BCUT2D eigenvalue weighted by Crippen LogP contribution is 2.25. The summed E-state index contributed by atoms with van der Waals surface area (Å²) in [6.45, 7) is 4.34. The average Bonchev–Trinajstić information content (AvgIpc) is 2.73. The van der Waals surface area contributed by atoms with E-state index in [0.29, 0.717) is 17.4 Å². The molecule has 1 aromatic heterocycles. The Kier molecular flexibility index (Phi) is 4.23. The Morgan fingerprint density at radius 2 is 2.22 bits per heavy atom. The first-order valence-corrected chi connectivity index (χ1v) is 6.93. The maximum absolute atomic E-state index is 13.2.